The van der Waals surface area contributed by atoms with Crippen LogP contribution >= 0.6 is 0 Å². The number of benzene rings is 2. The van der Waals surface area contributed by atoms with Crippen LogP contribution in [0.5, 0.6) is 0 Å². The predicted octanol–water partition coefficient (Wildman–Crippen LogP) is 4.71. The van der Waals surface area contributed by atoms with Crippen LogP contribution < -0.4 is 0 Å². The fraction of sp³-hybridized carbons (Fsp3) is 0.400. The summed E-state index contributed by atoms with van der Waals surface area (Å²) in [5.74, 6) is 0.00833. The average molecular weight is 439 g/mol. The third-order valence-corrected chi connectivity index (χ3v) is 8.00. The summed E-state index contributed by atoms with van der Waals surface area (Å²) in [5, 5.41) is 0.674. The number of hydrogen-bond acceptors (Lipinski definition) is 3. The molecule has 0 spiro atoms. The molecule has 1 fully saturated rings. The first-order valence-electron chi connectivity index (χ1n) is 11.0. The van der Waals surface area contributed by atoms with Gasteiger partial charge in [-0.3, -0.25) is 4.79 Å². The van der Waals surface area contributed by atoms with E-state index in [0.717, 1.165) is 48.9 Å². The standard InChI is InChI=1S/C25H30N2O3S/c1-3-21-8-6-7-15-27(21)25(28)17-26-16-24(22-9-4-5-10-23(22)26)31(29,30)18-20-13-11-19(2)12-14-20/h4-5,9-14,16,21H,3,6-8,15,17-18H2,1-2H3. The topological polar surface area (TPSA) is 59.4 Å². The van der Waals surface area contributed by atoms with Crippen LogP contribution in [0.4, 0.5) is 0 Å². The Labute approximate surface area is 184 Å². The third-order valence-electron chi connectivity index (χ3n) is 6.29. The highest BCUT2D eigenvalue weighted by molar-refractivity contribution is 7.90. The lowest BCUT2D eigenvalue weighted by molar-refractivity contribution is -0.135. The van der Waals surface area contributed by atoms with Gasteiger partial charge < -0.3 is 9.47 Å². The molecule has 3 aromatic rings. The Hall–Kier alpha value is -2.60. The molecule has 0 aliphatic carbocycles. The Kier molecular flexibility index (Phi) is 6.19. The normalized spacial score (nSPS) is 17.2. The number of sulfone groups is 1. The van der Waals surface area contributed by atoms with Gasteiger partial charge in [-0.15, -0.1) is 0 Å². The van der Waals surface area contributed by atoms with E-state index in [4.69, 9.17) is 0 Å². The molecule has 1 aromatic heterocycles. The first-order chi connectivity index (χ1) is 14.9. The van der Waals surface area contributed by atoms with Gasteiger partial charge in [0.05, 0.1) is 10.6 Å². The van der Waals surface area contributed by atoms with Crippen LogP contribution in [0.1, 0.15) is 43.7 Å². The fourth-order valence-corrected chi connectivity index (χ4v) is 6.15. The smallest absolute Gasteiger partial charge is 0.242 e. The lowest BCUT2D eigenvalue weighted by Gasteiger charge is -2.35. The Balaban J connectivity index is 1.65. The van der Waals surface area contributed by atoms with Crippen molar-refractivity contribution in [2.45, 2.75) is 62.8 Å². The number of aryl methyl sites for hydroxylation is 1. The molecule has 1 saturated heterocycles. The number of aromatic nitrogens is 1. The maximum atomic E-state index is 13.3. The Morgan fingerprint density at radius 3 is 2.55 bits per heavy atom. The number of amides is 1. The lowest BCUT2D eigenvalue weighted by Crippen LogP contribution is -2.44. The lowest BCUT2D eigenvalue weighted by atomic mass is 10.00. The van der Waals surface area contributed by atoms with Crippen molar-refractivity contribution in [2.75, 3.05) is 6.54 Å². The van der Waals surface area contributed by atoms with Crippen molar-refractivity contribution in [1.82, 2.24) is 9.47 Å². The van der Waals surface area contributed by atoms with Crippen molar-refractivity contribution in [2.24, 2.45) is 0 Å². The molecule has 2 aromatic carbocycles. The van der Waals surface area contributed by atoms with Gasteiger partial charge in [0.15, 0.2) is 9.84 Å². The van der Waals surface area contributed by atoms with E-state index in [-0.39, 0.29) is 24.2 Å². The molecule has 1 aliphatic heterocycles. The van der Waals surface area contributed by atoms with Crippen LogP contribution in [-0.2, 0) is 26.9 Å². The molecule has 0 bridgehead atoms. The van der Waals surface area contributed by atoms with E-state index in [1.54, 1.807) is 10.8 Å². The minimum Gasteiger partial charge on any atom is -0.338 e. The summed E-state index contributed by atoms with van der Waals surface area (Å²) in [5.41, 5.74) is 2.64. The second-order valence-corrected chi connectivity index (χ2v) is 10.5. The molecule has 0 saturated carbocycles. The first-order valence-corrected chi connectivity index (χ1v) is 12.7. The van der Waals surface area contributed by atoms with Gasteiger partial charge in [-0.25, -0.2) is 8.42 Å². The summed E-state index contributed by atoms with van der Waals surface area (Å²) in [6, 6.07) is 15.3. The summed E-state index contributed by atoms with van der Waals surface area (Å²) < 4.78 is 28.4. The maximum Gasteiger partial charge on any atom is 0.242 e. The van der Waals surface area contributed by atoms with Gasteiger partial charge >= 0.3 is 0 Å². The minimum absolute atomic E-state index is 0.0563. The Morgan fingerprint density at radius 2 is 1.81 bits per heavy atom. The zero-order chi connectivity index (χ0) is 22.0. The fourth-order valence-electron chi connectivity index (χ4n) is 4.56. The van der Waals surface area contributed by atoms with E-state index >= 15 is 0 Å². The number of likely N-dealkylation sites (tertiary alicyclic amines) is 1. The Morgan fingerprint density at radius 1 is 1.06 bits per heavy atom. The van der Waals surface area contributed by atoms with Gasteiger partial charge in [-0.05, 0) is 44.2 Å². The number of carbonyl (C=O) groups is 1. The molecule has 1 amide bonds. The monoisotopic (exact) mass is 438 g/mol. The van der Waals surface area contributed by atoms with Crippen molar-refractivity contribution in [3.8, 4) is 0 Å². The molecule has 1 aliphatic rings. The maximum absolute atomic E-state index is 13.3. The molecule has 6 heteroatoms. The minimum atomic E-state index is -3.55. The van der Waals surface area contributed by atoms with Crippen LogP contribution in [0, 0.1) is 6.92 Å². The summed E-state index contributed by atoms with van der Waals surface area (Å²) >= 11 is 0. The summed E-state index contributed by atoms with van der Waals surface area (Å²) in [6.45, 7) is 5.05. The number of fused-ring (bicyclic) bond motifs is 1. The first kappa shape index (κ1) is 21.6. The Bertz CT molecular complexity index is 1180. The molecule has 0 radical (unpaired) electrons. The second-order valence-electron chi connectivity index (χ2n) is 8.53. The van der Waals surface area contributed by atoms with Crippen molar-refractivity contribution in [3.05, 3.63) is 65.9 Å². The molecule has 2 heterocycles. The highest BCUT2D eigenvalue weighted by Gasteiger charge is 2.27. The van der Waals surface area contributed by atoms with E-state index < -0.39 is 9.84 Å². The van der Waals surface area contributed by atoms with E-state index in [1.807, 2.05) is 60.4 Å². The summed E-state index contributed by atoms with van der Waals surface area (Å²) in [7, 11) is -3.55. The zero-order valence-corrected chi connectivity index (χ0v) is 19.1. The van der Waals surface area contributed by atoms with Crippen LogP contribution in [-0.4, -0.2) is 36.4 Å². The van der Waals surface area contributed by atoms with Gasteiger partial charge in [0.1, 0.15) is 6.54 Å². The second kappa shape index (κ2) is 8.87. The van der Waals surface area contributed by atoms with Crippen LogP contribution in [0.3, 0.4) is 0 Å². The number of nitrogens with zero attached hydrogens (tertiary/aromatic N) is 2. The molecule has 1 atom stereocenters. The zero-order valence-electron chi connectivity index (χ0n) is 18.3. The van der Waals surface area contributed by atoms with Gasteiger partial charge in [-0.1, -0.05) is 55.0 Å². The van der Waals surface area contributed by atoms with Crippen molar-refractivity contribution in [3.63, 3.8) is 0 Å². The average Bonchev–Trinajstić information content (AvgIpc) is 3.14. The van der Waals surface area contributed by atoms with E-state index in [9.17, 15) is 13.2 Å². The largest absolute Gasteiger partial charge is 0.338 e. The van der Waals surface area contributed by atoms with Crippen molar-refractivity contribution < 1.29 is 13.2 Å². The van der Waals surface area contributed by atoms with Crippen LogP contribution in [0.15, 0.2) is 59.6 Å². The SMILES string of the molecule is CCC1CCCCN1C(=O)Cn1cc(S(=O)(=O)Cc2ccc(C)cc2)c2ccccc21. The molecule has 5 nitrogen and oxygen atoms in total. The molecular formula is C25H30N2O3S. The number of hydrogen-bond donors (Lipinski definition) is 0. The van der Waals surface area contributed by atoms with Gasteiger partial charge in [0.2, 0.25) is 5.91 Å². The van der Waals surface area contributed by atoms with Crippen LogP contribution in [0.2, 0.25) is 0 Å². The summed E-state index contributed by atoms with van der Waals surface area (Å²) in [4.78, 5) is 15.4. The van der Waals surface area contributed by atoms with Crippen molar-refractivity contribution in [1.29, 1.82) is 0 Å². The highest BCUT2D eigenvalue weighted by atomic mass is 32.2. The number of piperidine rings is 1. The van der Waals surface area contributed by atoms with Gasteiger partial charge in [0, 0.05) is 29.7 Å². The number of para-hydroxylation sites is 1. The van der Waals surface area contributed by atoms with E-state index in [2.05, 4.69) is 6.92 Å². The predicted molar refractivity (Wildman–Crippen MR) is 124 cm³/mol. The van der Waals surface area contributed by atoms with Crippen molar-refractivity contribution >= 4 is 26.6 Å². The molecular weight excluding hydrogens is 408 g/mol. The molecule has 1 unspecified atom stereocenters. The highest BCUT2D eigenvalue weighted by Crippen LogP contribution is 2.29. The molecule has 31 heavy (non-hydrogen) atoms. The van der Waals surface area contributed by atoms with E-state index in [0.29, 0.717) is 10.3 Å². The molecule has 164 valence electrons. The summed E-state index contributed by atoms with van der Waals surface area (Å²) in [6.07, 6.45) is 5.84. The number of rotatable bonds is 6. The van der Waals surface area contributed by atoms with Crippen LogP contribution in [0.25, 0.3) is 10.9 Å². The molecule has 0 N–H and O–H groups in total. The molecule has 4 rings (SSSR count). The quantitative estimate of drug-likeness (QED) is 0.560. The van der Waals surface area contributed by atoms with Gasteiger partial charge in [-0.2, -0.15) is 0 Å². The van der Waals surface area contributed by atoms with E-state index in [1.165, 1.54) is 0 Å². The van der Waals surface area contributed by atoms with Gasteiger partial charge in [0.25, 0.3) is 0 Å². The third kappa shape index (κ3) is 4.54. The number of carbonyl (C=O) groups excluding carboxylic acids is 1.